The highest BCUT2D eigenvalue weighted by Gasteiger charge is 2.12. The van der Waals surface area contributed by atoms with Gasteiger partial charge in [-0.1, -0.05) is 18.5 Å². The van der Waals surface area contributed by atoms with Gasteiger partial charge in [0, 0.05) is 6.42 Å². The molecular weight excluding hydrogens is 293 g/mol. The summed E-state index contributed by atoms with van der Waals surface area (Å²) < 4.78 is 14.5. The first kappa shape index (κ1) is 13.7. The minimum Gasteiger partial charge on any atom is -0.268 e. The zero-order valence-corrected chi connectivity index (χ0v) is 11.9. The monoisotopic (exact) mass is 303 g/mol. The first-order valence-electron chi connectivity index (χ1n) is 6.44. The number of rotatable bonds is 2. The summed E-state index contributed by atoms with van der Waals surface area (Å²) in [5.74, 6) is 0.195. The van der Waals surface area contributed by atoms with Crippen molar-refractivity contribution in [3.05, 3.63) is 63.5 Å². The standard InChI is InChI=1S/C15H11ClFN3O/c1-2-13-19-14-11(7-8-12(16)18-14)15(21)20(13)10-5-3-9(17)4-6-10/h3-8H,2H2,1H3. The van der Waals surface area contributed by atoms with E-state index >= 15 is 0 Å². The van der Waals surface area contributed by atoms with Gasteiger partial charge in [0.1, 0.15) is 16.8 Å². The molecule has 0 spiro atoms. The lowest BCUT2D eigenvalue weighted by atomic mass is 10.2. The lowest BCUT2D eigenvalue weighted by Gasteiger charge is -2.12. The Bertz CT molecular complexity index is 874. The molecule has 0 saturated carbocycles. The van der Waals surface area contributed by atoms with Crippen LogP contribution in [0.3, 0.4) is 0 Å². The van der Waals surface area contributed by atoms with Gasteiger partial charge in [0.2, 0.25) is 0 Å². The molecule has 0 aliphatic rings. The van der Waals surface area contributed by atoms with Crippen molar-refractivity contribution in [3.8, 4) is 5.69 Å². The maximum absolute atomic E-state index is 13.1. The third-order valence-electron chi connectivity index (χ3n) is 3.17. The molecule has 1 aromatic carbocycles. The summed E-state index contributed by atoms with van der Waals surface area (Å²) in [5.41, 5.74) is 0.651. The first-order valence-corrected chi connectivity index (χ1v) is 6.82. The summed E-state index contributed by atoms with van der Waals surface area (Å²) in [6.07, 6.45) is 0.538. The number of fused-ring (bicyclic) bond motifs is 1. The van der Waals surface area contributed by atoms with Gasteiger partial charge < -0.3 is 0 Å². The van der Waals surface area contributed by atoms with E-state index in [1.54, 1.807) is 24.3 Å². The Morgan fingerprint density at radius 2 is 1.86 bits per heavy atom. The van der Waals surface area contributed by atoms with Crippen LogP contribution in [0.25, 0.3) is 16.7 Å². The fourth-order valence-electron chi connectivity index (χ4n) is 2.18. The zero-order chi connectivity index (χ0) is 15.0. The second-order valence-corrected chi connectivity index (χ2v) is 4.89. The van der Waals surface area contributed by atoms with Gasteiger partial charge in [0.05, 0.1) is 11.1 Å². The SMILES string of the molecule is CCc1nc2nc(Cl)ccc2c(=O)n1-c1ccc(F)cc1. The number of hydrogen-bond acceptors (Lipinski definition) is 3. The highest BCUT2D eigenvalue weighted by atomic mass is 35.5. The Morgan fingerprint density at radius 3 is 2.52 bits per heavy atom. The Balaban J connectivity index is 2.36. The van der Waals surface area contributed by atoms with Crippen molar-refractivity contribution in [1.29, 1.82) is 0 Å². The van der Waals surface area contributed by atoms with E-state index in [1.807, 2.05) is 6.92 Å². The van der Waals surface area contributed by atoms with Gasteiger partial charge >= 0.3 is 0 Å². The van der Waals surface area contributed by atoms with Crippen molar-refractivity contribution in [2.75, 3.05) is 0 Å². The molecule has 106 valence electrons. The number of aryl methyl sites for hydroxylation is 1. The van der Waals surface area contributed by atoms with Crippen LogP contribution in [0, 0.1) is 5.82 Å². The summed E-state index contributed by atoms with van der Waals surface area (Å²) in [7, 11) is 0. The van der Waals surface area contributed by atoms with Crippen LogP contribution in [0.5, 0.6) is 0 Å². The van der Waals surface area contributed by atoms with Gasteiger partial charge in [-0.15, -0.1) is 0 Å². The number of aromatic nitrogens is 3. The van der Waals surface area contributed by atoms with E-state index in [0.29, 0.717) is 29.0 Å². The van der Waals surface area contributed by atoms with Crippen LogP contribution in [0.4, 0.5) is 4.39 Å². The maximum atomic E-state index is 13.1. The first-order chi connectivity index (χ1) is 10.1. The second kappa shape index (κ2) is 5.26. The maximum Gasteiger partial charge on any atom is 0.267 e. The Hall–Kier alpha value is -2.27. The third-order valence-corrected chi connectivity index (χ3v) is 3.38. The lowest BCUT2D eigenvalue weighted by molar-refractivity contribution is 0.627. The smallest absolute Gasteiger partial charge is 0.267 e. The van der Waals surface area contributed by atoms with Crippen LogP contribution in [0.2, 0.25) is 5.15 Å². The van der Waals surface area contributed by atoms with Crippen LogP contribution in [0.15, 0.2) is 41.2 Å². The Kier molecular flexibility index (Phi) is 3.43. The van der Waals surface area contributed by atoms with Crippen molar-refractivity contribution in [3.63, 3.8) is 0 Å². The minimum atomic E-state index is -0.355. The molecule has 0 bridgehead atoms. The average molecular weight is 304 g/mol. The minimum absolute atomic E-state index is 0.243. The molecular formula is C15H11ClFN3O. The van der Waals surface area contributed by atoms with Crippen LogP contribution < -0.4 is 5.56 Å². The summed E-state index contributed by atoms with van der Waals surface area (Å²) >= 11 is 5.84. The van der Waals surface area contributed by atoms with Gasteiger partial charge in [-0.3, -0.25) is 9.36 Å². The van der Waals surface area contributed by atoms with Gasteiger partial charge in [0.25, 0.3) is 5.56 Å². The summed E-state index contributed by atoms with van der Waals surface area (Å²) in [6.45, 7) is 1.89. The fourth-order valence-corrected chi connectivity index (χ4v) is 2.32. The van der Waals surface area contributed by atoms with E-state index in [1.165, 1.54) is 16.7 Å². The number of pyridine rings is 1. The lowest BCUT2D eigenvalue weighted by Crippen LogP contribution is -2.24. The molecule has 2 heterocycles. The average Bonchev–Trinajstić information content (AvgIpc) is 2.48. The van der Waals surface area contributed by atoms with Crippen molar-refractivity contribution < 1.29 is 4.39 Å². The van der Waals surface area contributed by atoms with Crippen molar-refractivity contribution in [1.82, 2.24) is 14.5 Å². The van der Waals surface area contributed by atoms with Gasteiger partial charge in [-0.25, -0.2) is 14.4 Å². The molecule has 6 heteroatoms. The molecule has 0 radical (unpaired) electrons. The second-order valence-electron chi connectivity index (χ2n) is 4.50. The summed E-state index contributed by atoms with van der Waals surface area (Å²) in [4.78, 5) is 21.1. The number of halogens is 2. The molecule has 21 heavy (non-hydrogen) atoms. The van der Waals surface area contributed by atoms with Crippen molar-refractivity contribution >= 4 is 22.6 Å². The van der Waals surface area contributed by atoms with E-state index < -0.39 is 0 Å². The molecule has 3 rings (SSSR count). The van der Waals surface area contributed by atoms with Crippen LogP contribution in [-0.4, -0.2) is 14.5 Å². The van der Waals surface area contributed by atoms with Crippen molar-refractivity contribution in [2.24, 2.45) is 0 Å². The normalized spacial score (nSPS) is 11.0. The largest absolute Gasteiger partial charge is 0.268 e. The van der Waals surface area contributed by atoms with E-state index in [-0.39, 0.29) is 16.5 Å². The molecule has 0 aliphatic heterocycles. The molecule has 0 fully saturated rings. The molecule has 0 N–H and O–H groups in total. The van der Waals surface area contributed by atoms with Gasteiger partial charge in [0.15, 0.2) is 5.65 Å². The zero-order valence-electron chi connectivity index (χ0n) is 11.2. The van der Waals surface area contributed by atoms with Crippen LogP contribution >= 0.6 is 11.6 Å². The van der Waals surface area contributed by atoms with E-state index in [4.69, 9.17) is 11.6 Å². The van der Waals surface area contributed by atoms with E-state index in [2.05, 4.69) is 9.97 Å². The highest BCUT2D eigenvalue weighted by molar-refractivity contribution is 6.29. The molecule has 4 nitrogen and oxygen atoms in total. The van der Waals surface area contributed by atoms with E-state index in [0.717, 1.165) is 0 Å². The highest BCUT2D eigenvalue weighted by Crippen LogP contribution is 2.15. The number of hydrogen-bond donors (Lipinski definition) is 0. The Labute approximate surface area is 124 Å². The topological polar surface area (TPSA) is 47.8 Å². The van der Waals surface area contributed by atoms with Crippen molar-refractivity contribution in [2.45, 2.75) is 13.3 Å². The molecule has 0 atom stereocenters. The molecule has 0 amide bonds. The van der Waals surface area contributed by atoms with E-state index in [9.17, 15) is 9.18 Å². The fraction of sp³-hybridized carbons (Fsp3) is 0.133. The molecule has 3 aromatic rings. The Morgan fingerprint density at radius 1 is 1.14 bits per heavy atom. The van der Waals surface area contributed by atoms with Gasteiger partial charge in [-0.2, -0.15) is 0 Å². The summed E-state index contributed by atoms with van der Waals surface area (Å²) in [5, 5.41) is 0.664. The third kappa shape index (κ3) is 2.40. The predicted molar refractivity (Wildman–Crippen MR) is 79.5 cm³/mol. The number of benzene rings is 1. The summed E-state index contributed by atoms with van der Waals surface area (Å²) in [6, 6.07) is 8.86. The predicted octanol–water partition coefficient (Wildman–Crippen LogP) is 3.14. The van der Waals surface area contributed by atoms with Crippen LogP contribution in [0.1, 0.15) is 12.7 Å². The van der Waals surface area contributed by atoms with Gasteiger partial charge in [-0.05, 0) is 36.4 Å². The quantitative estimate of drug-likeness (QED) is 0.683. The number of nitrogens with zero attached hydrogens (tertiary/aromatic N) is 3. The van der Waals surface area contributed by atoms with Crippen LogP contribution in [-0.2, 0) is 6.42 Å². The molecule has 0 aliphatic carbocycles. The molecule has 2 aromatic heterocycles. The molecule has 0 saturated heterocycles. The molecule has 0 unspecified atom stereocenters.